The van der Waals surface area contributed by atoms with Crippen molar-refractivity contribution in [2.24, 2.45) is 0 Å². The molecule has 4 heterocycles. The van der Waals surface area contributed by atoms with E-state index in [2.05, 4.69) is 51.1 Å². The second-order valence-corrected chi connectivity index (χ2v) is 7.35. The number of halogens is 1. The zero-order valence-corrected chi connectivity index (χ0v) is 17.1. The number of rotatable bonds is 4. The first kappa shape index (κ1) is 19.1. The van der Waals surface area contributed by atoms with E-state index in [0.717, 1.165) is 21.5 Å². The predicted molar refractivity (Wildman–Crippen MR) is 117 cm³/mol. The summed E-state index contributed by atoms with van der Waals surface area (Å²) in [5.41, 5.74) is 10.4. The summed E-state index contributed by atoms with van der Waals surface area (Å²) in [5.74, 6) is 0.854. The lowest BCUT2D eigenvalue weighted by Crippen LogP contribution is -2.00. The van der Waals surface area contributed by atoms with Gasteiger partial charge in [-0.05, 0) is 34.9 Å². The van der Waals surface area contributed by atoms with Crippen LogP contribution in [0.2, 0.25) is 0 Å². The number of hydrogen-bond donors (Lipinski definition) is 1. The molecule has 0 fully saturated rings. The maximum atomic E-state index is 5.90. The van der Waals surface area contributed by atoms with E-state index in [1.807, 2.05) is 24.4 Å². The zero-order chi connectivity index (χ0) is 19.1. The van der Waals surface area contributed by atoms with Crippen LogP contribution < -0.4 is 5.73 Å². The third-order valence-electron chi connectivity index (χ3n) is 4.62. The fourth-order valence-corrected chi connectivity index (χ4v) is 4.37. The van der Waals surface area contributed by atoms with Crippen LogP contribution in [-0.4, -0.2) is 24.8 Å². The van der Waals surface area contributed by atoms with E-state index in [9.17, 15) is 0 Å². The molecular weight excluding hydrogens is 408 g/mol. The van der Waals surface area contributed by atoms with Gasteiger partial charge in [0.2, 0.25) is 0 Å². The summed E-state index contributed by atoms with van der Waals surface area (Å²) in [6.45, 7) is 2.76. The molecular formula is C20H17ClN6OS. The Morgan fingerprint density at radius 3 is 2.55 bits per heavy atom. The molecule has 2 N–H and O–H groups in total. The monoisotopic (exact) mass is 424 g/mol. The lowest BCUT2D eigenvalue weighted by Gasteiger charge is -2.07. The molecule has 0 atom stereocenters. The maximum absolute atomic E-state index is 5.90. The summed E-state index contributed by atoms with van der Waals surface area (Å²) in [6, 6.07) is 14.6. The Kier molecular flexibility index (Phi) is 5.04. The Bertz CT molecular complexity index is 1280. The van der Waals surface area contributed by atoms with E-state index in [-0.39, 0.29) is 18.2 Å². The number of nitrogens with two attached hydrogens (primary N) is 1. The van der Waals surface area contributed by atoms with E-state index >= 15 is 0 Å². The number of benzene rings is 1. The van der Waals surface area contributed by atoms with Gasteiger partial charge in [0.1, 0.15) is 5.52 Å². The smallest absolute Gasteiger partial charge is 0.199 e. The zero-order valence-electron chi connectivity index (χ0n) is 15.4. The largest absolute Gasteiger partial charge is 0.379 e. The van der Waals surface area contributed by atoms with Crippen molar-refractivity contribution in [2.75, 3.05) is 5.73 Å². The number of nitrogen functional groups attached to an aromatic ring is 1. The number of imidazole rings is 1. The molecule has 0 unspecified atom stereocenters. The Labute approximate surface area is 176 Å². The fourth-order valence-electron chi connectivity index (χ4n) is 3.35. The molecule has 0 amide bonds. The minimum Gasteiger partial charge on any atom is -0.379 e. The first-order chi connectivity index (χ1) is 13.8. The van der Waals surface area contributed by atoms with Crippen LogP contribution in [0, 0.1) is 0 Å². The predicted octanol–water partition coefficient (Wildman–Crippen LogP) is 4.90. The van der Waals surface area contributed by atoms with Gasteiger partial charge < -0.3 is 10.3 Å². The average Bonchev–Trinajstić information content (AvgIpc) is 3.46. The number of fused-ring (bicyclic) bond motifs is 1. The molecule has 7 nitrogen and oxygen atoms in total. The number of thiophene rings is 1. The van der Waals surface area contributed by atoms with E-state index in [1.165, 1.54) is 10.4 Å². The highest BCUT2D eigenvalue weighted by Gasteiger charge is 2.21. The highest BCUT2D eigenvalue weighted by Crippen LogP contribution is 2.38. The van der Waals surface area contributed by atoms with Crippen LogP contribution in [0.25, 0.3) is 43.4 Å². The number of hydrogen-bond acceptors (Lipinski definition) is 7. The summed E-state index contributed by atoms with van der Waals surface area (Å²) in [4.78, 5) is 11.4. The molecule has 9 heteroatoms. The standard InChI is InChI=1S/C20H16N6OS.ClH/c1-2-26-18-13(16-9-8-15(28-16)12-6-4-3-5-7-12)10-22-11-14(18)23-20(26)17-19(21)25-27-24-17;/h3-11H,2H2,1H3,(H2,21,25);1H. The van der Waals surface area contributed by atoms with Crippen molar-refractivity contribution in [1.29, 1.82) is 0 Å². The molecule has 29 heavy (non-hydrogen) atoms. The highest BCUT2D eigenvalue weighted by molar-refractivity contribution is 7.18. The normalized spacial score (nSPS) is 10.9. The van der Waals surface area contributed by atoms with Gasteiger partial charge in [-0.3, -0.25) is 4.98 Å². The first-order valence-corrected chi connectivity index (χ1v) is 9.66. The van der Waals surface area contributed by atoms with Crippen molar-refractivity contribution in [3.8, 4) is 32.4 Å². The lowest BCUT2D eigenvalue weighted by molar-refractivity contribution is 0.310. The Morgan fingerprint density at radius 2 is 1.83 bits per heavy atom. The van der Waals surface area contributed by atoms with Crippen molar-refractivity contribution in [3.05, 3.63) is 54.9 Å². The van der Waals surface area contributed by atoms with Gasteiger partial charge in [-0.15, -0.1) is 23.7 Å². The Hall–Kier alpha value is -3.23. The van der Waals surface area contributed by atoms with Crippen molar-refractivity contribution in [1.82, 2.24) is 24.8 Å². The van der Waals surface area contributed by atoms with Gasteiger partial charge in [-0.1, -0.05) is 30.3 Å². The van der Waals surface area contributed by atoms with Gasteiger partial charge in [0, 0.05) is 28.1 Å². The van der Waals surface area contributed by atoms with Gasteiger partial charge in [-0.2, -0.15) is 0 Å². The number of aryl methyl sites for hydroxylation is 1. The van der Waals surface area contributed by atoms with Crippen LogP contribution in [-0.2, 0) is 6.54 Å². The van der Waals surface area contributed by atoms with Crippen LogP contribution in [0.3, 0.4) is 0 Å². The molecule has 0 saturated heterocycles. The van der Waals surface area contributed by atoms with Crippen LogP contribution in [0.15, 0.2) is 59.5 Å². The molecule has 146 valence electrons. The summed E-state index contributed by atoms with van der Waals surface area (Å²) in [6.07, 6.45) is 3.63. The van der Waals surface area contributed by atoms with Crippen molar-refractivity contribution < 1.29 is 4.63 Å². The molecule has 0 aliphatic rings. The highest BCUT2D eigenvalue weighted by atomic mass is 35.5. The third kappa shape index (κ3) is 3.16. The maximum Gasteiger partial charge on any atom is 0.199 e. The van der Waals surface area contributed by atoms with E-state index in [0.29, 0.717) is 18.1 Å². The fraction of sp³-hybridized carbons (Fsp3) is 0.100. The van der Waals surface area contributed by atoms with Crippen LogP contribution >= 0.6 is 23.7 Å². The van der Waals surface area contributed by atoms with E-state index in [1.54, 1.807) is 17.5 Å². The van der Waals surface area contributed by atoms with Crippen molar-refractivity contribution in [3.63, 3.8) is 0 Å². The first-order valence-electron chi connectivity index (χ1n) is 8.84. The number of anilines is 1. The molecule has 5 aromatic rings. The summed E-state index contributed by atoms with van der Waals surface area (Å²) in [5, 5.41) is 7.60. The topological polar surface area (TPSA) is 95.7 Å². The molecule has 4 aromatic heterocycles. The lowest BCUT2D eigenvalue weighted by atomic mass is 10.2. The second-order valence-electron chi connectivity index (χ2n) is 6.26. The van der Waals surface area contributed by atoms with Gasteiger partial charge in [-0.25, -0.2) is 9.61 Å². The average molecular weight is 425 g/mol. The molecule has 0 radical (unpaired) electrons. The van der Waals surface area contributed by atoms with Gasteiger partial charge in [0.05, 0.1) is 11.7 Å². The van der Waals surface area contributed by atoms with Crippen molar-refractivity contribution >= 4 is 40.6 Å². The molecule has 0 spiro atoms. The Morgan fingerprint density at radius 1 is 1.03 bits per heavy atom. The van der Waals surface area contributed by atoms with E-state index < -0.39 is 0 Å². The minimum atomic E-state index is 0. The summed E-state index contributed by atoms with van der Waals surface area (Å²) >= 11 is 1.73. The van der Waals surface area contributed by atoms with Gasteiger partial charge >= 0.3 is 0 Å². The van der Waals surface area contributed by atoms with E-state index in [4.69, 9.17) is 15.3 Å². The third-order valence-corrected chi connectivity index (χ3v) is 5.79. The molecule has 0 aliphatic carbocycles. The molecule has 0 saturated carbocycles. The van der Waals surface area contributed by atoms with Crippen LogP contribution in [0.4, 0.5) is 5.82 Å². The molecule has 1 aromatic carbocycles. The SMILES string of the molecule is CCn1c(-c2nonc2N)nc2cncc(-c3ccc(-c4ccccc4)s3)c21.Cl. The Balaban J connectivity index is 0.00000205. The molecule has 5 rings (SSSR count). The van der Waals surface area contributed by atoms with Crippen LogP contribution in [0.1, 0.15) is 6.92 Å². The summed E-state index contributed by atoms with van der Waals surface area (Å²) in [7, 11) is 0. The number of aromatic nitrogens is 5. The number of nitrogens with zero attached hydrogens (tertiary/aromatic N) is 5. The van der Waals surface area contributed by atoms with Gasteiger partial charge in [0.25, 0.3) is 0 Å². The quantitative estimate of drug-likeness (QED) is 0.440. The molecule has 0 aliphatic heterocycles. The van der Waals surface area contributed by atoms with Crippen molar-refractivity contribution in [2.45, 2.75) is 13.5 Å². The van der Waals surface area contributed by atoms with Gasteiger partial charge in [0.15, 0.2) is 17.3 Å². The second kappa shape index (κ2) is 7.65. The minimum absolute atomic E-state index is 0. The molecule has 0 bridgehead atoms. The van der Waals surface area contributed by atoms with Crippen LogP contribution in [0.5, 0.6) is 0 Å². The number of pyridine rings is 1. The summed E-state index contributed by atoms with van der Waals surface area (Å²) < 4.78 is 6.84.